The number of nitrogens with zero attached hydrogens (tertiary/aromatic N) is 2. The Kier molecular flexibility index (Phi) is 3.66. The monoisotopic (exact) mass is 256 g/mol. The van der Waals surface area contributed by atoms with Gasteiger partial charge in [-0.25, -0.2) is 0 Å². The number of hydrogen-bond donors (Lipinski definition) is 2. The van der Waals surface area contributed by atoms with E-state index in [0.717, 1.165) is 17.0 Å². The van der Waals surface area contributed by atoms with E-state index in [1.807, 2.05) is 37.3 Å². The summed E-state index contributed by atoms with van der Waals surface area (Å²) in [6.45, 7) is 1.90. The molecule has 2 aromatic carbocycles. The van der Waals surface area contributed by atoms with Crippen LogP contribution in [0.25, 0.3) is 0 Å². The molecule has 98 valence electrons. The van der Waals surface area contributed by atoms with E-state index in [2.05, 4.69) is 10.2 Å². The Hall–Kier alpha value is -2.56. The Morgan fingerprint density at radius 3 is 2.26 bits per heavy atom. The molecule has 4 N–H and O–H groups in total. The van der Waals surface area contributed by atoms with Gasteiger partial charge in [-0.3, -0.25) is 0 Å². The summed E-state index contributed by atoms with van der Waals surface area (Å²) in [7, 11) is 1.62. The molecule has 2 rings (SSSR count). The number of anilines is 2. The number of nitrogens with two attached hydrogens (primary N) is 2. The molecule has 0 spiro atoms. The van der Waals surface area contributed by atoms with Crippen LogP contribution in [0.5, 0.6) is 5.75 Å². The van der Waals surface area contributed by atoms with Crippen molar-refractivity contribution in [2.24, 2.45) is 10.2 Å². The topological polar surface area (TPSA) is 86.0 Å². The van der Waals surface area contributed by atoms with Crippen molar-refractivity contribution in [1.82, 2.24) is 0 Å². The quantitative estimate of drug-likeness (QED) is 0.650. The fraction of sp³-hybridized carbons (Fsp3) is 0.143. The van der Waals surface area contributed by atoms with E-state index < -0.39 is 0 Å². The summed E-state index contributed by atoms with van der Waals surface area (Å²) in [5, 5.41) is 8.27. The van der Waals surface area contributed by atoms with Crippen molar-refractivity contribution in [3.05, 3.63) is 42.0 Å². The molecule has 0 heterocycles. The molecule has 0 amide bonds. The van der Waals surface area contributed by atoms with Gasteiger partial charge in [0.05, 0.1) is 18.5 Å². The van der Waals surface area contributed by atoms with Crippen molar-refractivity contribution in [3.63, 3.8) is 0 Å². The largest absolute Gasteiger partial charge is 0.497 e. The second-order valence-electron chi connectivity index (χ2n) is 4.17. The first-order chi connectivity index (χ1) is 9.10. The first-order valence-corrected chi connectivity index (χ1v) is 5.81. The number of methoxy groups -OCH3 is 1. The van der Waals surface area contributed by atoms with Crippen LogP contribution in [0.2, 0.25) is 0 Å². The first-order valence-electron chi connectivity index (χ1n) is 5.81. The first kappa shape index (κ1) is 12.9. The summed E-state index contributed by atoms with van der Waals surface area (Å²) in [6.07, 6.45) is 0. The predicted molar refractivity (Wildman–Crippen MR) is 77.2 cm³/mol. The summed E-state index contributed by atoms with van der Waals surface area (Å²) >= 11 is 0. The van der Waals surface area contributed by atoms with Gasteiger partial charge in [-0.05, 0) is 48.9 Å². The van der Waals surface area contributed by atoms with Crippen LogP contribution < -0.4 is 16.2 Å². The van der Waals surface area contributed by atoms with Crippen LogP contribution in [0.1, 0.15) is 5.56 Å². The number of hydrogen-bond acceptors (Lipinski definition) is 5. The molecule has 0 aliphatic carbocycles. The van der Waals surface area contributed by atoms with E-state index >= 15 is 0 Å². The average molecular weight is 256 g/mol. The van der Waals surface area contributed by atoms with Crippen molar-refractivity contribution in [2.45, 2.75) is 6.92 Å². The van der Waals surface area contributed by atoms with Gasteiger partial charge in [0.2, 0.25) is 0 Å². The molecule has 5 heteroatoms. The summed E-state index contributed by atoms with van der Waals surface area (Å²) < 4.78 is 5.07. The van der Waals surface area contributed by atoms with Crippen LogP contribution in [-0.2, 0) is 0 Å². The van der Waals surface area contributed by atoms with Crippen LogP contribution in [0.4, 0.5) is 22.7 Å². The molecule has 5 nitrogen and oxygen atoms in total. The average Bonchev–Trinajstić information content (AvgIpc) is 2.42. The van der Waals surface area contributed by atoms with E-state index in [1.54, 1.807) is 13.2 Å². The van der Waals surface area contributed by atoms with E-state index in [4.69, 9.17) is 16.2 Å². The van der Waals surface area contributed by atoms with Crippen molar-refractivity contribution in [3.8, 4) is 5.75 Å². The van der Waals surface area contributed by atoms with E-state index in [1.165, 1.54) is 0 Å². The van der Waals surface area contributed by atoms with Gasteiger partial charge in [0, 0.05) is 5.69 Å². The lowest BCUT2D eigenvalue weighted by Crippen LogP contribution is -1.93. The zero-order valence-electron chi connectivity index (χ0n) is 10.9. The van der Waals surface area contributed by atoms with Crippen molar-refractivity contribution < 1.29 is 4.74 Å². The Labute approximate surface area is 111 Å². The van der Waals surface area contributed by atoms with E-state index in [0.29, 0.717) is 17.1 Å². The number of aryl methyl sites for hydroxylation is 1. The van der Waals surface area contributed by atoms with Crippen molar-refractivity contribution >= 4 is 22.7 Å². The second-order valence-corrected chi connectivity index (χ2v) is 4.17. The van der Waals surface area contributed by atoms with Gasteiger partial charge in [0.1, 0.15) is 11.4 Å². The normalized spacial score (nSPS) is 10.8. The molecule has 0 aliphatic heterocycles. The van der Waals surface area contributed by atoms with Gasteiger partial charge in [0.25, 0.3) is 0 Å². The molecule has 0 saturated carbocycles. The molecule has 0 atom stereocenters. The highest BCUT2D eigenvalue weighted by molar-refractivity contribution is 5.70. The zero-order chi connectivity index (χ0) is 13.8. The van der Waals surface area contributed by atoms with Crippen LogP contribution >= 0.6 is 0 Å². The maximum atomic E-state index is 5.85. The van der Waals surface area contributed by atoms with Gasteiger partial charge < -0.3 is 16.2 Å². The molecule has 0 radical (unpaired) electrons. The van der Waals surface area contributed by atoms with Crippen molar-refractivity contribution in [1.29, 1.82) is 0 Å². The molecule has 0 aromatic heterocycles. The highest BCUT2D eigenvalue weighted by Gasteiger charge is 2.02. The molecule has 19 heavy (non-hydrogen) atoms. The Morgan fingerprint density at radius 2 is 1.63 bits per heavy atom. The minimum Gasteiger partial charge on any atom is -0.497 e. The lowest BCUT2D eigenvalue weighted by atomic mass is 10.1. The highest BCUT2D eigenvalue weighted by atomic mass is 16.5. The number of rotatable bonds is 3. The van der Waals surface area contributed by atoms with Crippen LogP contribution in [0.3, 0.4) is 0 Å². The van der Waals surface area contributed by atoms with Gasteiger partial charge in [-0.2, -0.15) is 5.11 Å². The third kappa shape index (κ3) is 3.01. The minimum absolute atomic E-state index is 0.514. The third-order valence-corrected chi connectivity index (χ3v) is 2.76. The summed E-state index contributed by atoms with van der Waals surface area (Å²) in [4.78, 5) is 0. The fourth-order valence-electron chi connectivity index (χ4n) is 1.57. The summed E-state index contributed by atoms with van der Waals surface area (Å²) in [6, 6.07) is 10.8. The molecular formula is C14H16N4O. The highest BCUT2D eigenvalue weighted by Crippen LogP contribution is 2.29. The summed E-state index contributed by atoms with van der Waals surface area (Å²) in [5.74, 6) is 0.779. The fourth-order valence-corrected chi connectivity index (χ4v) is 1.57. The Balaban J connectivity index is 2.24. The Bertz CT molecular complexity index is 606. The lowest BCUT2D eigenvalue weighted by Gasteiger charge is -2.04. The molecule has 2 aromatic rings. The molecule has 0 unspecified atom stereocenters. The van der Waals surface area contributed by atoms with Gasteiger partial charge in [-0.15, -0.1) is 5.11 Å². The predicted octanol–water partition coefficient (Wildman–Crippen LogP) is 3.58. The van der Waals surface area contributed by atoms with Gasteiger partial charge in [-0.1, -0.05) is 0 Å². The molecule has 0 saturated heterocycles. The van der Waals surface area contributed by atoms with Crippen molar-refractivity contribution in [2.75, 3.05) is 18.6 Å². The van der Waals surface area contributed by atoms with Crippen LogP contribution in [0, 0.1) is 6.92 Å². The Morgan fingerprint density at radius 1 is 0.947 bits per heavy atom. The zero-order valence-corrected chi connectivity index (χ0v) is 10.9. The maximum Gasteiger partial charge on any atom is 0.119 e. The SMILES string of the molecule is COc1ccc(/N=N/c2cc(C)c(N)cc2N)cc1. The molecule has 0 fully saturated rings. The van der Waals surface area contributed by atoms with Gasteiger partial charge >= 0.3 is 0 Å². The smallest absolute Gasteiger partial charge is 0.119 e. The second kappa shape index (κ2) is 5.39. The number of nitrogen functional groups attached to an aromatic ring is 2. The standard InChI is InChI=1S/C14H16N4O/c1-9-7-14(13(16)8-12(9)15)18-17-10-3-5-11(19-2)6-4-10/h3-8H,15-16H2,1-2H3/b18-17+. The van der Waals surface area contributed by atoms with Gasteiger partial charge in [0.15, 0.2) is 0 Å². The minimum atomic E-state index is 0.514. The summed E-state index contributed by atoms with van der Waals surface area (Å²) in [5.41, 5.74) is 15.0. The third-order valence-electron chi connectivity index (χ3n) is 2.76. The number of ether oxygens (including phenoxy) is 1. The lowest BCUT2D eigenvalue weighted by molar-refractivity contribution is 0.415. The van der Waals surface area contributed by atoms with E-state index in [-0.39, 0.29) is 0 Å². The molecule has 0 bridgehead atoms. The van der Waals surface area contributed by atoms with Crippen LogP contribution in [0.15, 0.2) is 46.6 Å². The van der Waals surface area contributed by atoms with E-state index in [9.17, 15) is 0 Å². The number of azo groups is 1. The van der Waals surface area contributed by atoms with Crippen LogP contribution in [-0.4, -0.2) is 7.11 Å². The number of benzene rings is 2. The molecule has 0 aliphatic rings. The maximum absolute atomic E-state index is 5.85. The molecular weight excluding hydrogens is 240 g/mol.